The Morgan fingerprint density at radius 2 is 1.67 bits per heavy atom. The second-order valence-electron chi connectivity index (χ2n) is 5.89. The van der Waals surface area contributed by atoms with E-state index in [-0.39, 0.29) is 0 Å². The van der Waals surface area contributed by atoms with Gasteiger partial charge >= 0.3 is 0 Å². The highest BCUT2D eigenvalue weighted by Crippen LogP contribution is 2.22. The molecule has 15 heavy (non-hydrogen) atoms. The highest BCUT2D eigenvalue weighted by atomic mass is 14.9. The summed E-state index contributed by atoms with van der Waals surface area (Å²) in [6.45, 7) is 12.7. The first-order valence-corrected chi connectivity index (χ1v) is 6.73. The SMILES string of the molecule is CCCCC(CCC(C)(C)C)NCCC. The largest absolute Gasteiger partial charge is 0.314 e. The lowest BCUT2D eigenvalue weighted by atomic mass is 9.87. The van der Waals surface area contributed by atoms with Gasteiger partial charge in [-0.25, -0.2) is 0 Å². The minimum Gasteiger partial charge on any atom is -0.314 e. The van der Waals surface area contributed by atoms with E-state index in [9.17, 15) is 0 Å². The van der Waals surface area contributed by atoms with E-state index >= 15 is 0 Å². The summed E-state index contributed by atoms with van der Waals surface area (Å²) in [7, 11) is 0. The molecule has 1 unspecified atom stereocenters. The van der Waals surface area contributed by atoms with Crippen molar-refractivity contribution in [3.05, 3.63) is 0 Å². The van der Waals surface area contributed by atoms with Crippen LogP contribution in [-0.2, 0) is 0 Å². The van der Waals surface area contributed by atoms with Crippen LogP contribution in [0.5, 0.6) is 0 Å². The van der Waals surface area contributed by atoms with Crippen LogP contribution in [0.4, 0.5) is 0 Å². The molecule has 1 atom stereocenters. The summed E-state index contributed by atoms with van der Waals surface area (Å²) in [5, 5.41) is 3.68. The second-order valence-corrected chi connectivity index (χ2v) is 5.89. The van der Waals surface area contributed by atoms with Gasteiger partial charge < -0.3 is 5.32 Å². The molecule has 0 spiro atoms. The molecule has 0 aromatic carbocycles. The first-order chi connectivity index (χ1) is 6.99. The fourth-order valence-corrected chi connectivity index (χ4v) is 1.75. The van der Waals surface area contributed by atoms with Crippen LogP contribution in [0.1, 0.15) is 73.1 Å². The summed E-state index contributed by atoms with van der Waals surface area (Å²) in [5.41, 5.74) is 0.484. The Kier molecular flexibility index (Phi) is 8.13. The van der Waals surface area contributed by atoms with Gasteiger partial charge in [-0.2, -0.15) is 0 Å². The highest BCUT2D eigenvalue weighted by Gasteiger charge is 2.14. The zero-order valence-corrected chi connectivity index (χ0v) is 11.5. The second kappa shape index (κ2) is 8.15. The van der Waals surface area contributed by atoms with Crippen LogP contribution in [0.3, 0.4) is 0 Å². The van der Waals surface area contributed by atoms with Gasteiger partial charge in [-0.1, -0.05) is 47.5 Å². The van der Waals surface area contributed by atoms with Crippen LogP contribution in [-0.4, -0.2) is 12.6 Å². The van der Waals surface area contributed by atoms with Crippen molar-refractivity contribution in [1.29, 1.82) is 0 Å². The first kappa shape index (κ1) is 15.0. The monoisotopic (exact) mass is 213 g/mol. The average molecular weight is 213 g/mol. The van der Waals surface area contributed by atoms with Crippen molar-refractivity contribution < 1.29 is 0 Å². The third-order valence-electron chi connectivity index (χ3n) is 2.83. The van der Waals surface area contributed by atoms with Crippen LogP contribution in [0, 0.1) is 5.41 Å². The molecule has 0 aromatic rings. The molecule has 0 saturated heterocycles. The predicted molar refractivity (Wildman–Crippen MR) is 70.3 cm³/mol. The van der Waals surface area contributed by atoms with Crippen LogP contribution >= 0.6 is 0 Å². The Hall–Kier alpha value is -0.0400. The van der Waals surface area contributed by atoms with E-state index in [1.54, 1.807) is 0 Å². The van der Waals surface area contributed by atoms with Gasteiger partial charge in [0.05, 0.1) is 0 Å². The summed E-state index contributed by atoms with van der Waals surface area (Å²) in [4.78, 5) is 0. The Bertz CT molecular complexity index is 127. The molecule has 1 nitrogen and oxygen atoms in total. The maximum atomic E-state index is 3.68. The summed E-state index contributed by atoms with van der Waals surface area (Å²) in [6.07, 6.45) is 7.96. The molecule has 0 aliphatic carbocycles. The van der Waals surface area contributed by atoms with Crippen molar-refractivity contribution in [2.45, 2.75) is 79.2 Å². The van der Waals surface area contributed by atoms with Crippen molar-refractivity contribution in [2.24, 2.45) is 5.41 Å². The molecule has 0 fully saturated rings. The molecule has 1 N–H and O–H groups in total. The molecule has 0 heterocycles. The first-order valence-electron chi connectivity index (χ1n) is 6.73. The van der Waals surface area contributed by atoms with Crippen LogP contribution < -0.4 is 5.32 Å². The minimum absolute atomic E-state index is 0.484. The Morgan fingerprint density at radius 3 is 2.13 bits per heavy atom. The maximum Gasteiger partial charge on any atom is 0.00672 e. The van der Waals surface area contributed by atoms with E-state index in [4.69, 9.17) is 0 Å². The van der Waals surface area contributed by atoms with E-state index < -0.39 is 0 Å². The lowest BCUT2D eigenvalue weighted by Gasteiger charge is -2.24. The number of unbranched alkanes of at least 4 members (excludes halogenated alkanes) is 1. The molecule has 1 heteroatoms. The van der Waals surface area contributed by atoms with Crippen LogP contribution in [0.2, 0.25) is 0 Å². The van der Waals surface area contributed by atoms with Gasteiger partial charge in [0.2, 0.25) is 0 Å². The molecular weight excluding hydrogens is 182 g/mol. The number of nitrogens with one attached hydrogen (secondary N) is 1. The van der Waals surface area contributed by atoms with E-state index in [1.807, 2.05) is 0 Å². The molecule has 0 bridgehead atoms. The molecule has 0 rings (SSSR count). The Balaban J connectivity index is 3.78. The van der Waals surface area contributed by atoms with Crippen molar-refractivity contribution in [2.75, 3.05) is 6.54 Å². The van der Waals surface area contributed by atoms with E-state index in [1.165, 1.54) is 45.1 Å². The molecule has 0 amide bonds. The van der Waals surface area contributed by atoms with Crippen LogP contribution in [0.25, 0.3) is 0 Å². The van der Waals surface area contributed by atoms with Crippen molar-refractivity contribution in [3.8, 4) is 0 Å². The molecule has 92 valence electrons. The van der Waals surface area contributed by atoms with Gasteiger partial charge in [-0.05, 0) is 37.6 Å². The number of hydrogen-bond acceptors (Lipinski definition) is 1. The summed E-state index contributed by atoms with van der Waals surface area (Å²) in [6, 6.07) is 0.754. The molecule has 0 radical (unpaired) electrons. The zero-order valence-electron chi connectivity index (χ0n) is 11.5. The normalized spacial score (nSPS) is 14.2. The van der Waals surface area contributed by atoms with Gasteiger partial charge in [0.25, 0.3) is 0 Å². The van der Waals surface area contributed by atoms with Crippen molar-refractivity contribution in [3.63, 3.8) is 0 Å². The van der Waals surface area contributed by atoms with E-state index in [0.717, 1.165) is 6.04 Å². The summed E-state index contributed by atoms with van der Waals surface area (Å²) < 4.78 is 0. The van der Waals surface area contributed by atoms with Gasteiger partial charge in [0.1, 0.15) is 0 Å². The molecule has 0 saturated carbocycles. The van der Waals surface area contributed by atoms with E-state index in [2.05, 4.69) is 39.9 Å². The van der Waals surface area contributed by atoms with Crippen molar-refractivity contribution in [1.82, 2.24) is 5.32 Å². The van der Waals surface area contributed by atoms with Crippen LogP contribution in [0.15, 0.2) is 0 Å². The molecule has 0 aliphatic heterocycles. The minimum atomic E-state index is 0.484. The standard InChI is InChI=1S/C14H31N/c1-6-8-9-13(15-12-7-2)10-11-14(3,4)5/h13,15H,6-12H2,1-5H3. The topological polar surface area (TPSA) is 12.0 Å². The zero-order chi connectivity index (χ0) is 11.7. The third-order valence-corrected chi connectivity index (χ3v) is 2.83. The van der Waals surface area contributed by atoms with Gasteiger partial charge in [0, 0.05) is 6.04 Å². The van der Waals surface area contributed by atoms with Gasteiger partial charge in [-0.3, -0.25) is 0 Å². The quantitative estimate of drug-likeness (QED) is 0.631. The average Bonchev–Trinajstić information content (AvgIpc) is 2.15. The fourth-order valence-electron chi connectivity index (χ4n) is 1.75. The summed E-state index contributed by atoms with van der Waals surface area (Å²) in [5.74, 6) is 0. The fraction of sp³-hybridized carbons (Fsp3) is 1.00. The highest BCUT2D eigenvalue weighted by molar-refractivity contribution is 4.71. The smallest absolute Gasteiger partial charge is 0.00672 e. The number of rotatable bonds is 8. The van der Waals surface area contributed by atoms with Gasteiger partial charge in [-0.15, -0.1) is 0 Å². The predicted octanol–water partition coefficient (Wildman–Crippen LogP) is 4.37. The lowest BCUT2D eigenvalue weighted by molar-refractivity contribution is 0.320. The third kappa shape index (κ3) is 10.2. The Morgan fingerprint density at radius 1 is 1.00 bits per heavy atom. The lowest BCUT2D eigenvalue weighted by Crippen LogP contribution is -2.30. The molecule has 0 aromatic heterocycles. The van der Waals surface area contributed by atoms with Gasteiger partial charge in [0.15, 0.2) is 0 Å². The number of hydrogen-bond donors (Lipinski definition) is 1. The van der Waals surface area contributed by atoms with Crippen molar-refractivity contribution >= 4 is 0 Å². The Labute approximate surface area is 97.0 Å². The maximum absolute atomic E-state index is 3.68. The van der Waals surface area contributed by atoms with E-state index in [0.29, 0.717) is 5.41 Å². The summed E-state index contributed by atoms with van der Waals surface area (Å²) >= 11 is 0. The molecular formula is C14H31N. The molecule has 0 aliphatic rings.